The van der Waals surface area contributed by atoms with Crippen LogP contribution in [0.2, 0.25) is 0 Å². The zero-order valence-corrected chi connectivity index (χ0v) is 10.5. The van der Waals surface area contributed by atoms with Crippen LogP contribution in [0.25, 0.3) is 0 Å². The summed E-state index contributed by atoms with van der Waals surface area (Å²) in [6.45, 7) is 2.43. The van der Waals surface area contributed by atoms with Crippen LogP contribution < -0.4 is 5.73 Å². The van der Waals surface area contributed by atoms with Crippen LogP contribution in [0.3, 0.4) is 0 Å². The highest BCUT2D eigenvalue weighted by atomic mass is 16.5. The van der Waals surface area contributed by atoms with Crippen LogP contribution in [0.1, 0.15) is 45.4 Å². The molecule has 0 bridgehead atoms. The molecule has 0 spiro atoms. The van der Waals surface area contributed by atoms with Crippen LogP contribution in [0, 0.1) is 11.8 Å². The molecule has 4 heteroatoms. The van der Waals surface area contributed by atoms with Crippen molar-refractivity contribution in [1.82, 2.24) is 0 Å². The van der Waals surface area contributed by atoms with Crippen LogP contribution in [-0.2, 0) is 9.53 Å². The third kappa shape index (κ3) is 2.99. The normalized spacial score (nSPS) is 33.1. The van der Waals surface area contributed by atoms with Crippen molar-refractivity contribution in [2.45, 2.75) is 57.1 Å². The molecule has 0 heterocycles. The van der Waals surface area contributed by atoms with Gasteiger partial charge in [0.05, 0.1) is 12.7 Å². The number of hydrogen-bond acceptors (Lipinski definition) is 3. The monoisotopic (exact) mass is 241 g/mol. The van der Waals surface area contributed by atoms with E-state index in [1.165, 1.54) is 12.8 Å². The molecule has 0 saturated heterocycles. The third-order valence-corrected chi connectivity index (χ3v) is 4.22. The minimum Gasteiger partial charge on any atom is -0.480 e. The first kappa shape index (κ1) is 12.8. The van der Waals surface area contributed by atoms with Crippen molar-refractivity contribution in [3.63, 3.8) is 0 Å². The maximum atomic E-state index is 11.2. The highest BCUT2D eigenvalue weighted by Gasteiger charge is 2.48. The van der Waals surface area contributed by atoms with Crippen molar-refractivity contribution < 1.29 is 14.6 Å². The lowest BCUT2D eigenvalue weighted by Crippen LogP contribution is -2.54. The van der Waals surface area contributed by atoms with Crippen molar-refractivity contribution >= 4 is 5.97 Å². The lowest BCUT2D eigenvalue weighted by atomic mass is 9.88. The molecule has 2 rings (SSSR count). The molecule has 17 heavy (non-hydrogen) atoms. The van der Waals surface area contributed by atoms with E-state index in [2.05, 4.69) is 6.92 Å². The molecule has 0 aliphatic heterocycles. The van der Waals surface area contributed by atoms with Crippen LogP contribution in [-0.4, -0.2) is 29.3 Å². The molecule has 1 atom stereocenters. The lowest BCUT2D eigenvalue weighted by Gasteiger charge is -2.30. The average Bonchev–Trinajstić information content (AvgIpc) is 3.11. The minimum absolute atomic E-state index is 0.113. The Hall–Kier alpha value is -0.610. The molecule has 0 aromatic carbocycles. The molecular weight excluding hydrogens is 218 g/mol. The van der Waals surface area contributed by atoms with Gasteiger partial charge < -0.3 is 15.6 Å². The highest BCUT2D eigenvalue weighted by molar-refractivity contribution is 5.79. The largest absolute Gasteiger partial charge is 0.480 e. The Morgan fingerprint density at radius 3 is 2.35 bits per heavy atom. The van der Waals surface area contributed by atoms with Gasteiger partial charge in [0.15, 0.2) is 0 Å². The predicted molar refractivity (Wildman–Crippen MR) is 64.7 cm³/mol. The molecule has 3 N–H and O–H groups in total. The first-order chi connectivity index (χ1) is 8.02. The van der Waals surface area contributed by atoms with Gasteiger partial charge in [0.25, 0.3) is 0 Å². The van der Waals surface area contributed by atoms with Gasteiger partial charge in [-0.3, -0.25) is 4.79 Å². The van der Waals surface area contributed by atoms with Gasteiger partial charge in [0, 0.05) is 0 Å². The second-order valence-electron chi connectivity index (χ2n) is 5.81. The molecule has 98 valence electrons. The molecular formula is C13H23NO3. The van der Waals surface area contributed by atoms with E-state index < -0.39 is 11.5 Å². The molecule has 4 nitrogen and oxygen atoms in total. The number of carbonyl (C=O) groups is 1. The third-order valence-electron chi connectivity index (χ3n) is 4.22. The number of nitrogens with two attached hydrogens (primary N) is 1. The molecule has 0 aromatic heterocycles. The van der Waals surface area contributed by atoms with Crippen molar-refractivity contribution in [2.24, 2.45) is 17.6 Å². The van der Waals surface area contributed by atoms with Gasteiger partial charge in [-0.2, -0.15) is 0 Å². The zero-order valence-electron chi connectivity index (χ0n) is 10.5. The Morgan fingerprint density at radius 1 is 1.29 bits per heavy atom. The van der Waals surface area contributed by atoms with Gasteiger partial charge >= 0.3 is 5.97 Å². The molecule has 0 aromatic rings. The molecule has 1 unspecified atom stereocenters. The predicted octanol–water partition coefficient (Wildman–Crippen LogP) is 1.77. The highest BCUT2D eigenvalue weighted by Crippen LogP contribution is 2.39. The van der Waals surface area contributed by atoms with Gasteiger partial charge in [-0.15, -0.1) is 0 Å². The van der Waals surface area contributed by atoms with Gasteiger partial charge in [-0.25, -0.2) is 0 Å². The van der Waals surface area contributed by atoms with Crippen LogP contribution >= 0.6 is 0 Å². The second kappa shape index (κ2) is 4.94. The number of carboxylic acids is 1. The number of aliphatic carboxylic acids is 1. The zero-order chi connectivity index (χ0) is 12.5. The fraction of sp³-hybridized carbons (Fsp3) is 0.923. The second-order valence-corrected chi connectivity index (χ2v) is 5.81. The minimum atomic E-state index is -1.15. The molecule has 2 saturated carbocycles. The molecule has 0 amide bonds. The summed E-state index contributed by atoms with van der Waals surface area (Å²) in [7, 11) is 0. The van der Waals surface area contributed by atoms with E-state index in [-0.39, 0.29) is 18.6 Å². The summed E-state index contributed by atoms with van der Waals surface area (Å²) in [6, 6.07) is 0. The summed E-state index contributed by atoms with van der Waals surface area (Å²) < 4.78 is 5.75. The van der Waals surface area contributed by atoms with E-state index in [9.17, 15) is 9.90 Å². The summed E-state index contributed by atoms with van der Waals surface area (Å²) in [5.74, 6) is -0.0212. The van der Waals surface area contributed by atoms with Crippen LogP contribution in [0.5, 0.6) is 0 Å². The Labute approximate surface area is 103 Å². The molecule has 0 radical (unpaired) electrons. The van der Waals surface area contributed by atoms with E-state index in [0.29, 0.717) is 0 Å². The van der Waals surface area contributed by atoms with Gasteiger partial charge in [-0.1, -0.05) is 6.92 Å². The smallest absolute Gasteiger partial charge is 0.326 e. The number of carboxylic acid groups (broad SMARTS) is 1. The molecule has 2 aliphatic carbocycles. The van der Waals surface area contributed by atoms with E-state index in [0.717, 1.165) is 31.6 Å². The average molecular weight is 241 g/mol. The fourth-order valence-electron chi connectivity index (χ4n) is 2.60. The SMILES string of the molecule is CC1CCC(OCC(N)(C(=O)O)C2CC2)CC1. The van der Waals surface area contributed by atoms with Crippen LogP contribution in [0.15, 0.2) is 0 Å². The maximum absolute atomic E-state index is 11.2. The maximum Gasteiger partial charge on any atom is 0.326 e. The summed E-state index contributed by atoms with van der Waals surface area (Å²) in [5, 5.41) is 9.21. The summed E-state index contributed by atoms with van der Waals surface area (Å²) >= 11 is 0. The van der Waals surface area contributed by atoms with E-state index in [4.69, 9.17) is 10.5 Å². The Morgan fingerprint density at radius 2 is 1.88 bits per heavy atom. The first-order valence-corrected chi connectivity index (χ1v) is 6.66. The topological polar surface area (TPSA) is 72.5 Å². The summed E-state index contributed by atoms with van der Waals surface area (Å²) in [6.07, 6.45) is 6.51. The van der Waals surface area contributed by atoms with Crippen molar-refractivity contribution in [2.75, 3.05) is 6.61 Å². The van der Waals surface area contributed by atoms with E-state index >= 15 is 0 Å². The molecule has 2 fully saturated rings. The van der Waals surface area contributed by atoms with E-state index in [1.807, 2.05) is 0 Å². The number of hydrogen-bond donors (Lipinski definition) is 2. The first-order valence-electron chi connectivity index (χ1n) is 6.66. The molecule has 2 aliphatic rings. The van der Waals surface area contributed by atoms with Crippen LogP contribution in [0.4, 0.5) is 0 Å². The number of rotatable bonds is 5. The van der Waals surface area contributed by atoms with Gasteiger partial charge in [-0.05, 0) is 50.4 Å². The van der Waals surface area contributed by atoms with Crippen molar-refractivity contribution in [1.29, 1.82) is 0 Å². The Kier molecular flexibility index (Phi) is 3.73. The summed E-state index contributed by atoms with van der Waals surface area (Å²) in [5.41, 5.74) is 4.82. The van der Waals surface area contributed by atoms with Crippen molar-refractivity contribution in [3.8, 4) is 0 Å². The Bertz CT molecular complexity index is 282. The fourth-order valence-corrected chi connectivity index (χ4v) is 2.60. The number of ether oxygens (including phenoxy) is 1. The summed E-state index contributed by atoms with van der Waals surface area (Å²) in [4.78, 5) is 11.2. The quantitative estimate of drug-likeness (QED) is 0.769. The lowest BCUT2D eigenvalue weighted by molar-refractivity contribution is -0.148. The van der Waals surface area contributed by atoms with Crippen molar-refractivity contribution in [3.05, 3.63) is 0 Å². The standard InChI is InChI=1S/C13H23NO3/c1-9-2-6-11(7-3-9)17-8-13(14,12(15)16)10-4-5-10/h9-11H,2-8,14H2,1H3,(H,15,16). The van der Waals surface area contributed by atoms with Gasteiger partial charge in [0.1, 0.15) is 5.54 Å². The van der Waals surface area contributed by atoms with E-state index in [1.54, 1.807) is 0 Å². The van der Waals surface area contributed by atoms with Gasteiger partial charge in [0.2, 0.25) is 0 Å². The Balaban J connectivity index is 1.81.